The lowest BCUT2D eigenvalue weighted by atomic mass is 9.91. The summed E-state index contributed by atoms with van der Waals surface area (Å²) in [4.78, 5) is 0. The van der Waals surface area contributed by atoms with Gasteiger partial charge < -0.3 is 66.5 Å². The summed E-state index contributed by atoms with van der Waals surface area (Å²) in [5, 5.41) is 20.4. The number of benzene rings is 22. The zero-order valence-electron chi connectivity index (χ0n) is 77.8. The molecule has 2 aromatic heterocycles. The molecule has 0 radical (unpaired) electrons. The van der Waals surface area contributed by atoms with E-state index in [4.69, 9.17) is 57.3 Å². The minimum Gasteiger partial charge on any atom is -0.399 e. The first-order valence-corrected chi connectivity index (χ1v) is 46.8. The van der Waals surface area contributed by atoms with Gasteiger partial charge in [-0.15, -0.1) is 0 Å². The number of para-hydroxylation sites is 1. The second-order valence-corrected chi connectivity index (χ2v) is 34.3. The fourth-order valence-electron chi connectivity index (χ4n) is 18.3. The Morgan fingerprint density at radius 3 is 0.814 bits per heavy atom. The standard InChI is InChI=1S/C28H21N.C22H17N.C18H15N3.C18H15N.C14H15N3.C14H12N2.C14H13N/c29-28-19-18-26(24-12-6-7-13-27(24)28)25-17-16-21(22-10-4-5-11-23(22)25)15-14-20-8-2-1-3-9-20;23-22-20-12-6-4-10-17(20)19(18-11-5-7-13-21(18)22)15-14-16-8-2-1-3-9-16;19-12-6-8-17-15(10-12)16-11-13(20)7-9-18(16)21(17)14-4-2-1-3-5-14;19-18-13-12-15(16-8-4-5-9-17(16)18)11-10-14-6-2-1-3-7-14;1-2-17-13-5-3-9(15)7-11(13)12-8-10(16)4-6-14(12)17;15-13-9-5-1-2-6-10(9)14(16)12-8-4-3-7-11(12)13;15-14-10-8-13(9-11-14)7-6-12-4-2-1-3-5-12/h1-19H,29H2;1-15H,23H2;1-11H,19-20H2;1-13H,19H2;3-8H,2,15-16H2,1H3;1-8H,15-16H2;1-11H,15H2/b2*15-14+;;11-10+;;;7-6+. The monoisotopic (exact) mass is 1810 g/mol. The van der Waals surface area contributed by atoms with Gasteiger partial charge in [0.15, 0.2) is 0 Å². The number of aryl methyl sites for hydroxylation is 1. The van der Waals surface area contributed by atoms with Gasteiger partial charge in [0.05, 0.1) is 11.0 Å². The molecule has 0 saturated heterocycles. The molecule has 24 aromatic rings. The summed E-state index contributed by atoms with van der Waals surface area (Å²) in [5.41, 5.74) is 86.1. The second kappa shape index (κ2) is 42.6. The van der Waals surface area contributed by atoms with E-state index in [1.807, 2.05) is 231 Å². The quantitative estimate of drug-likeness (QED) is 0.0253. The van der Waals surface area contributed by atoms with E-state index in [2.05, 4.69) is 289 Å². The van der Waals surface area contributed by atoms with Crippen molar-refractivity contribution in [2.45, 2.75) is 13.5 Å². The molecule has 12 heteroatoms. The molecule has 0 atom stereocenters. The molecule has 22 aromatic carbocycles. The predicted molar refractivity (Wildman–Crippen MR) is 612 cm³/mol. The van der Waals surface area contributed by atoms with E-state index in [1.54, 1.807) is 0 Å². The molecular formula is C128H108N12. The third-order valence-corrected chi connectivity index (χ3v) is 25.2. The molecule has 0 aliphatic carbocycles. The highest BCUT2D eigenvalue weighted by Crippen LogP contribution is 2.42. The number of nitrogens with zero attached hydrogens (tertiary/aromatic N) is 2. The molecule has 12 nitrogen and oxygen atoms in total. The lowest BCUT2D eigenvalue weighted by molar-refractivity contribution is 0.827. The fourth-order valence-corrected chi connectivity index (χ4v) is 18.3. The maximum atomic E-state index is 6.41. The second-order valence-electron chi connectivity index (χ2n) is 34.3. The normalized spacial score (nSPS) is 11.2. The summed E-state index contributed by atoms with van der Waals surface area (Å²) in [5.74, 6) is 0. The van der Waals surface area contributed by atoms with Crippen molar-refractivity contribution in [3.8, 4) is 16.8 Å². The lowest BCUT2D eigenvalue weighted by Gasteiger charge is -2.13. The Morgan fingerprint density at radius 1 is 0.186 bits per heavy atom. The molecule has 0 aliphatic rings. The molecule has 0 fully saturated rings. The number of hydrogen-bond donors (Lipinski definition) is 10. The van der Waals surface area contributed by atoms with Crippen molar-refractivity contribution in [3.63, 3.8) is 0 Å². The van der Waals surface area contributed by atoms with Crippen molar-refractivity contribution in [2.75, 3.05) is 57.3 Å². The Labute approximate surface area is 815 Å². The van der Waals surface area contributed by atoms with Gasteiger partial charge in [-0.2, -0.15) is 0 Å². The van der Waals surface area contributed by atoms with Crippen LogP contribution in [0.5, 0.6) is 0 Å². The van der Waals surface area contributed by atoms with Gasteiger partial charge in [0, 0.05) is 145 Å². The fraction of sp³-hybridized carbons (Fsp3) is 0.0156. The Bertz CT molecular complexity index is 8390. The summed E-state index contributed by atoms with van der Waals surface area (Å²) in [6.45, 7) is 3.08. The highest BCUT2D eigenvalue weighted by atomic mass is 15.0. The summed E-state index contributed by atoms with van der Waals surface area (Å²) < 4.78 is 4.52. The third kappa shape index (κ3) is 20.5. The maximum Gasteiger partial charge on any atom is 0.0542 e. The molecular weight excluding hydrogens is 1710 g/mol. The summed E-state index contributed by atoms with van der Waals surface area (Å²) >= 11 is 0. The highest BCUT2D eigenvalue weighted by molar-refractivity contribution is 6.20. The number of rotatable bonds is 11. The molecule has 20 N–H and O–H groups in total. The van der Waals surface area contributed by atoms with Crippen LogP contribution in [0.2, 0.25) is 0 Å². The Balaban J connectivity index is 0.000000109. The summed E-state index contributed by atoms with van der Waals surface area (Å²) in [6, 6.07) is 154. The Morgan fingerprint density at radius 2 is 0.436 bits per heavy atom. The van der Waals surface area contributed by atoms with Crippen LogP contribution in [0.25, 0.3) is 184 Å². The third-order valence-electron chi connectivity index (χ3n) is 25.2. The first-order valence-electron chi connectivity index (χ1n) is 46.8. The van der Waals surface area contributed by atoms with Gasteiger partial charge in [-0.1, -0.05) is 394 Å². The van der Waals surface area contributed by atoms with Crippen LogP contribution in [0, 0.1) is 0 Å². The van der Waals surface area contributed by atoms with E-state index in [-0.39, 0.29) is 0 Å². The Hall–Kier alpha value is -18.8. The molecule has 0 amide bonds. The zero-order valence-corrected chi connectivity index (χ0v) is 77.8. The molecule has 0 unspecified atom stereocenters. The van der Waals surface area contributed by atoms with Crippen molar-refractivity contribution in [2.24, 2.45) is 0 Å². The van der Waals surface area contributed by atoms with Crippen LogP contribution in [0.4, 0.5) is 56.9 Å². The predicted octanol–water partition coefficient (Wildman–Crippen LogP) is 31.3. The van der Waals surface area contributed by atoms with Gasteiger partial charge in [0.25, 0.3) is 0 Å². The molecule has 0 bridgehead atoms. The average molecular weight is 1810 g/mol. The van der Waals surface area contributed by atoms with Gasteiger partial charge in [-0.25, -0.2) is 0 Å². The molecule has 140 heavy (non-hydrogen) atoms. The highest BCUT2D eigenvalue weighted by Gasteiger charge is 2.18. The minimum absolute atomic E-state index is 0.761. The SMILES string of the molecule is CCn1c2ccc(N)cc2c2cc(N)ccc21.Nc1c2ccccc2c(/C=C/c2ccccc2)c2ccccc12.Nc1c2ccccc2c(N)c2ccccc12.Nc1ccc(-c2ccc(/C=C/c3ccccc3)c3ccccc23)c2ccccc12.Nc1ccc(/C=C/c2ccccc2)c2ccccc12.Nc1ccc(/C=C/c2ccccc2)cc1.Nc1ccc2c(c1)c1cc(N)ccc1n2-c1ccccc1. The number of nitrogens with two attached hydrogens (primary N) is 10. The molecule has 0 spiro atoms. The van der Waals surface area contributed by atoms with Crippen molar-refractivity contribution >= 4 is 225 Å². The lowest BCUT2D eigenvalue weighted by Crippen LogP contribution is -1.95. The van der Waals surface area contributed by atoms with E-state index >= 15 is 0 Å². The number of hydrogen-bond acceptors (Lipinski definition) is 10. The molecule has 0 saturated carbocycles. The Kier molecular flexibility index (Phi) is 27.9. The zero-order chi connectivity index (χ0) is 96.4. The van der Waals surface area contributed by atoms with Crippen LogP contribution in [0.15, 0.2) is 455 Å². The van der Waals surface area contributed by atoms with Crippen LogP contribution >= 0.6 is 0 Å². The first-order chi connectivity index (χ1) is 68.6. The van der Waals surface area contributed by atoms with Crippen LogP contribution in [-0.2, 0) is 6.54 Å². The van der Waals surface area contributed by atoms with Crippen LogP contribution in [0.3, 0.4) is 0 Å². The summed E-state index contributed by atoms with van der Waals surface area (Å²) in [7, 11) is 0. The van der Waals surface area contributed by atoms with Gasteiger partial charge in [0.1, 0.15) is 0 Å². The van der Waals surface area contributed by atoms with Crippen molar-refractivity contribution in [1.82, 2.24) is 9.13 Å². The van der Waals surface area contributed by atoms with Crippen LogP contribution < -0.4 is 57.3 Å². The van der Waals surface area contributed by atoms with Crippen molar-refractivity contribution in [1.29, 1.82) is 0 Å². The largest absolute Gasteiger partial charge is 0.399 e. The maximum absolute atomic E-state index is 6.41. The van der Waals surface area contributed by atoms with E-state index in [0.29, 0.717) is 0 Å². The number of fused-ring (bicyclic) bond motifs is 13. The smallest absolute Gasteiger partial charge is 0.0542 e. The van der Waals surface area contributed by atoms with E-state index in [1.165, 1.54) is 104 Å². The molecule has 680 valence electrons. The van der Waals surface area contributed by atoms with Crippen molar-refractivity contribution in [3.05, 3.63) is 499 Å². The van der Waals surface area contributed by atoms with Gasteiger partial charge in [-0.3, -0.25) is 0 Å². The van der Waals surface area contributed by atoms with Gasteiger partial charge in [0.2, 0.25) is 0 Å². The van der Waals surface area contributed by atoms with E-state index < -0.39 is 0 Å². The number of nitrogen functional groups attached to an aromatic ring is 10. The van der Waals surface area contributed by atoms with Crippen molar-refractivity contribution < 1.29 is 0 Å². The minimum atomic E-state index is 0.761. The van der Waals surface area contributed by atoms with E-state index in [9.17, 15) is 0 Å². The number of anilines is 10. The molecule has 0 aliphatic heterocycles. The van der Waals surface area contributed by atoms with Crippen LogP contribution in [0.1, 0.15) is 51.4 Å². The average Bonchev–Trinajstić information content (AvgIpc) is 1.74. The molecule has 2 heterocycles. The summed E-state index contributed by atoms with van der Waals surface area (Å²) in [6.07, 6.45) is 17.1. The van der Waals surface area contributed by atoms with E-state index in [0.717, 1.165) is 140 Å². The van der Waals surface area contributed by atoms with Gasteiger partial charge >= 0.3 is 0 Å². The first kappa shape index (κ1) is 91.7. The van der Waals surface area contributed by atoms with Gasteiger partial charge in [-0.05, 0) is 204 Å². The topological polar surface area (TPSA) is 270 Å². The van der Waals surface area contributed by atoms with Crippen LogP contribution in [-0.4, -0.2) is 9.13 Å². The molecule has 24 rings (SSSR count). The number of aromatic nitrogens is 2.